The van der Waals surface area contributed by atoms with Crippen LogP contribution in [0.4, 0.5) is 15.8 Å². The summed E-state index contributed by atoms with van der Waals surface area (Å²) in [4.78, 5) is 0. The molecule has 1 aliphatic rings. The first kappa shape index (κ1) is 16.4. The second-order valence-electron chi connectivity index (χ2n) is 6.24. The van der Waals surface area contributed by atoms with Crippen molar-refractivity contribution < 1.29 is 9.13 Å². The lowest BCUT2D eigenvalue weighted by Crippen LogP contribution is -2.30. The molecule has 5 heteroatoms. The third-order valence-electron chi connectivity index (χ3n) is 4.42. The van der Waals surface area contributed by atoms with Crippen LogP contribution in [0.3, 0.4) is 0 Å². The van der Waals surface area contributed by atoms with Gasteiger partial charge in [0.2, 0.25) is 0 Å². The number of nitrogens with two attached hydrogens (primary N) is 1. The SMILES string of the molecule is Nc1ccccc1-c1cc(Oc2ccc(F)cc2)ccc1N1CCCN1. The van der Waals surface area contributed by atoms with Gasteiger partial charge in [-0.15, -0.1) is 0 Å². The molecule has 0 amide bonds. The number of para-hydroxylation sites is 1. The maximum atomic E-state index is 13.1. The molecule has 0 spiro atoms. The van der Waals surface area contributed by atoms with Crippen LogP contribution in [0, 0.1) is 5.82 Å². The quantitative estimate of drug-likeness (QED) is 0.677. The third-order valence-corrected chi connectivity index (χ3v) is 4.42. The van der Waals surface area contributed by atoms with Crippen LogP contribution < -0.4 is 20.9 Å². The Bertz CT molecular complexity index is 905. The average molecular weight is 349 g/mol. The van der Waals surface area contributed by atoms with Crippen LogP contribution in [0.2, 0.25) is 0 Å². The van der Waals surface area contributed by atoms with E-state index in [1.165, 1.54) is 12.1 Å². The van der Waals surface area contributed by atoms with Gasteiger partial charge in [0.15, 0.2) is 0 Å². The van der Waals surface area contributed by atoms with Gasteiger partial charge in [0, 0.05) is 29.9 Å². The van der Waals surface area contributed by atoms with Gasteiger partial charge in [0.05, 0.1) is 5.69 Å². The molecule has 4 rings (SSSR count). The molecular formula is C21H20FN3O. The Hall–Kier alpha value is -3.05. The van der Waals surface area contributed by atoms with Gasteiger partial charge < -0.3 is 15.5 Å². The number of hydrogen-bond acceptors (Lipinski definition) is 4. The monoisotopic (exact) mass is 349 g/mol. The minimum atomic E-state index is -0.287. The van der Waals surface area contributed by atoms with Crippen molar-refractivity contribution in [2.45, 2.75) is 6.42 Å². The average Bonchev–Trinajstić information content (AvgIpc) is 3.19. The Morgan fingerprint density at radius 3 is 2.42 bits per heavy atom. The number of hydrogen-bond donors (Lipinski definition) is 2. The molecule has 4 nitrogen and oxygen atoms in total. The number of hydrazine groups is 1. The molecule has 1 heterocycles. The number of nitrogens with zero attached hydrogens (tertiary/aromatic N) is 1. The Balaban J connectivity index is 1.74. The molecule has 0 aromatic heterocycles. The summed E-state index contributed by atoms with van der Waals surface area (Å²) >= 11 is 0. The number of anilines is 2. The zero-order valence-electron chi connectivity index (χ0n) is 14.3. The van der Waals surface area contributed by atoms with Crippen LogP contribution in [0.15, 0.2) is 66.7 Å². The van der Waals surface area contributed by atoms with Crippen molar-refractivity contribution in [3.05, 3.63) is 72.5 Å². The molecule has 0 unspecified atom stereocenters. The standard InChI is InChI=1S/C21H20FN3O/c22-15-6-8-16(9-7-15)26-17-10-11-21(25-13-3-12-24-25)19(14-17)18-4-1-2-5-20(18)23/h1-2,4-11,14,24H,3,12-13,23H2. The van der Waals surface area contributed by atoms with E-state index in [1.807, 2.05) is 42.5 Å². The highest BCUT2D eigenvalue weighted by Crippen LogP contribution is 2.38. The van der Waals surface area contributed by atoms with Crippen LogP contribution in [0.1, 0.15) is 6.42 Å². The molecule has 0 aliphatic carbocycles. The molecule has 26 heavy (non-hydrogen) atoms. The summed E-state index contributed by atoms with van der Waals surface area (Å²) in [6, 6.07) is 19.7. The van der Waals surface area contributed by atoms with E-state index < -0.39 is 0 Å². The highest BCUT2D eigenvalue weighted by Gasteiger charge is 2.18. The van der Waals surface area contributed by atoms with E-state index >= 15 is 0 Å². The first-order valence-electron chi connectivity index (χ1n) is 8.64. The lowest BCUT2D eigenvalue weighted by atomic mass is 10.0. The molecule has 1 aliphatic heterocycles. The van der Waals surface area contributed by atoms with Gasteiger partial charge in [-0.25, -0.2) is 9.82 Å². The zero-order chi connectivity index (χ0) is 17.9. The van der Waals surface area contributed by atoms with Crippen LogP contribution in [0.5, 0.6) is 11.5 Å². The fourth-order valence-electron chi connectivity index (χ4n) is 3.15. The number of ether oxygens (including phenoxy) is 1. The molecule has 1 fully saturated rings. The molecular weight excluding hydrogens is 329 g/mol. The second-order valence-corrected chi connectivity index (χ2v) is 6.24. The highest BCUT2D eigenvalue weighted by molar-refractivity contribution is 5.86. The number of nitrogens with one attached hydrogen (secondary N) is 1. The van der Waals surface area contributed by atoms with Crippen LogP contribution in [0.25, 0.3) is 11.1 Å². The molecule has 3 aromatic carbocycles. The van der Waals surface area contributed by atoms with Gasteiger partial charge in [0.25, 0.3) is 0 Å². The van der Waals surface area contributed by atoms with E-state index in [0.717, 1.165) is 36.3 Å². The Morgan fingerprint density at radius 2 is 1.69 bits per heavy atom. The second kappa shape index (κ2) is 7.06. The molecule has 0 radical (unpaired) electrons. The fourth-order valence-corrected chi connectivity index (χ4v) is 3.15. The predicted molar refractivity (Wildman–Crippen MR) is 103 cm³/mol. The molecule has 0 atom stereocenters. The fraction of sp³-hybridized carbons (Fsp3) is 0.143. The van der Waals surface area contributed by atoms with Crippen molar-refractivity contribution in [3.8, 4) is 22.6 Å². The van der Waals surface area contributed by atoms with E-state index in [4.69, 9.17) is 10.5 Å². The molecule has 0 bridgehead atoms. The third kappa shape index (κ3) is 3.34. The number of halogens is 1. The maximum Gasteiger partial charge on any atom is 0.128 e. The first-order valence-corrected chi connectivity index (χ1v) is 8.64. The summed E-state index contributed by atoms with van der Waals surface area (Å²) in [5, 5.41) is 2.14. The Labute approximate surface area is 152 Å². The Kier molecular flexibility index (Phi) is 4.46. The van der Waals surface area contributed by atoms with Crippen LogP contribution >= 0.6 is 0 Å². The van der Waals surface area contributed by atoms with Gasteiger partial charge >= 0.3 is 0 Å². The van der Waals surface area contributed by atoms with Crippen molar-refractivity contribution in [2.24, 2.45) is 0 Å². The van der Waals surface area contributed by atoms with Gasteiger partial charge in [0.1, 0.15) is 17.3 Å². The smallest absolute Gasteiger partial charge is 0.128 e. The van der Waals surface area contributed by atoms with E-state index in [2.05, 4.69) is 10.4 Å². The van der Waals surface area contributed by atoms with Crippen LogP contribution in [-0.4, -0.2) is 13.1 Å². The molecule has 3 aromatic rings. The summed E-state index contributed by atoms with van der Waals surface area (Å²) in [6.07, 6.45) is 1.09. The van der Waals surface area contributed by atoms with E-state index in [1.54, 1.807) is 12.1 Å². The lowest BCUT2D eigenvalue weighted by molar-refractivity contribution is 0.481. The topological polar surface area (TPSA) is 50.5 Å². The zero-order valence-corrected chi connectivity index (χ0v) is 14.3. The van der Waals surface area contributed by atoms with E-state index in [-0.39, 0.29) is 5.82 Å². The summed E-state index contributed by atoms with van der Waals surface area (Å²) in [7, 11) is 0. The van der Waals surface area contributed by atoms with Crippen molar-refractivity contribution in [3.63, 3.8) is 0 Å². The van der Waals surface area contributed by atoms with E-state index in [9.17, 15) is 4.39 Å². The van der Waals surface area contributed by atoms with Gasteiger partial charge in [-0.05, 0) is 55.0 Å². The molecule has 132 valence electrons. The minimum Gasteiger partial charge on any atom is -0.457 e. The molecule has 1 saturated heterocycles. The number of benzene rings is 3. The molecule has 0 saturated carbocycles. The number of nitrogen functional groups attached to an aromatic ring is 1. The van der Waals surface area contributed by atoms with Crippen molar-refractivity contribution in [1.29, 1.82) is 0 Å². The normalized spacial score (nSPS) is 13.8. The highest BCUT2D eigenvalue weighted by atomic mass is 19.1. The minimum absolute atomic E-state index is 0.287. The summed E-state index contributed by atoms with van der Waals surface area (Å²) in [5.74, 6) is 0.980. The predicted octanol–water partition coefficient (Wildman–Crippen LogP) is 4.58. The first-order chi connectivity index (χ1) is 12.7. The van der Waals surface area contributed by atoms with Crippen molar-refractivity contribution in [2.75, 3.05) is 23.8 Å². The largest absolute Gasteiger partial charge is 0.457 e. The maximum absolute atomic E-state index is 13.1. The van der Waals surface area contributed by atoms with Gasteiger partial charge in [-0.1, -0.05) is 18.2 Å². The summed E-state index contributed by atoms with van der Waals surface area (Å²) < 4.78 is 19.0. The lowest BCUT2D eigenvalue weighted by Gasteiger charge is -2.23. The van der Waals surface area contributed by atoms with Crippen molar-refractivity contribution in [1.82, 2.24) is 5.43 Å². The van der Waals surface area contributed by atoms with E-state index in [0.29, 0.717) is 17.2 Å². The van der Waals surface area contributed by atoms with Gasteiger partial charge in [-0.2, -0.15) is 0 Å². The molecule has 3 N–H and O–H groups in total. The van der Waals surface area contributed by atoms with Crippen molar-refractivity contribution >= 4 is 11.4 Å². The van der Waals surface area contributed by atoms with Gasteiger partial charge in [-0.3, -0.25) is 0 Å². The number of rotatable bonds is 4. The van der Waals surface area contributed by atoms with Crippen LogP contribution in [-0.2, 0) is 0 Å². The Morgan fingerprint density at radius 1 is 0.923 bits per heavy atom. The summed E-state index contributed by atoms with van der Waals surface area (Å²) in [5.41, 5.74) is 13.3. The summed E-state index contributed by atoms with van der Waals surface area (Å²) in [6.45, 7) is 1.90.